The lowest BCUT2D eigenvalue weighted by Crippen LogP contribution is -1.93. The molecule has 4 heteroatoms. The van der Waals surface area contributed by atoms with Crippen LogP contribution in [0.4, 0.5) is 0 Å². The first kappa shape index (κ1) is 8.17. The number of hydrogen-bond donors (Lipinski definition) is 0. The van der Waals surface area contributed by atoms with Gasteiger partial charge >= 0.3 is 0 Å². The second-order valence-electron chi connectivity index (χ2n) is 2.65. The lowest BCUT2D eigenvalue weighted by atomic mass is 10.2. The molecule has 62 valence electrons. The van der Waals surface area contributed by atoms with Crippen molar-refractivity contribution in [3.05, 3.63) is 5.82 Å². The summed E-state index contributed by atoms with van der Waals surface area (Å²) in [6.07, 6.45) is 4.61. The Hall–Kier alpha value is -0.930. The molecule has 4 nitrogen and oxygen atoms in total. The SMILES string of the molecule is CCCCCc1nnn(C)n1. The molecule has 0 atom stereocenters. The molecule has 0 N–H and O–H groups in total. The van der Waals surface area contributed by atoms with E-state index in [4.69, 9.17) is 0 Å². The average molecular weight is 154 g/mol. The van der Waals surface area contributed by atoms with Crippen LogP contribution >= 0.6 is 0 Å². The minimum atomic E-state index is 0.862. The van der Waals surface area contributed by atoms with E-state index in [2.05, 4.69) is 22.3 Å². The second kappa shape index (κ2) is 4.05. The summed E-state index contributed by atoms with van der Waals surface area (Å²) in [6.45, 7) is 2.18. The summed E-state index contributed by atoms with van der Waals surface area (Å²) < 4.78 is 0. The minimum Gasteiger partial charge on any atom is -0.167 e. The lowest BCUT2D eigenvalue weighted by Gasteiger charge is -1.91. The molecular weight excluding hydrogens is 140 g/mol. The number of unbranched alkanes of at least 4 members (excludes halogenated alkanes) is 2. The van der Waals surface area contributed by atoms with Crippen molar-refractivity contribution in [2.24, 2.45) is 7.05 Å². The molecule has 0 aliphatic rings. The van der Waals surface area contributed by atoms with Crippen LogP contribution in [-0.2, 0) is 13.5 Å². The Morgan fingerprint density at radius 2 is 2.18 bits per heavy atom. The predicted octanol–water partition coefficient (Wildman–Crippen LogP) is 0.943. The molecule has 1 rings (SSSR count). The van der Waals surface area contributed by atoms with Crippen LogP contribution in [0.2, 0.25) is 0 Å². The van der Waals surface area contributed by atoms with E-state index >= 15 is 0 Å². The van der Waals surface area contributed by atoms with Gasteiger partial charge in [-0.05, 0) is 11.6 Å². The van der Waals surface area contributed by atoms with Crippen LogP contribution < -0.4 is 0 Å². The van der Waals surface area contributed by atoms with E-state index in [9.17, 15) is 0 Å². The minimum absolute atomic E-state index is 0.862. The maximum Gasteiger partial charge on any atom is 0.174 e. The van der Waals surface area contributed by atoms with Crippen LogP contribution in [0.25, 0.3) is 0 Å². The lowest BCUT2D eigenvalue weighted by molar-refractivity contribution is 0.624. The van der Waals surface area contributed by atoms with Crippen molar-refractivity contribution in [1.82, 2.24) is 20.2 Å². The maximum atomic E-state index is 4.08. The van der Waals surface area contributed by atoms with Gasteiger partial charge in [0.05, 0.1) is 7.05 Å². The molecule has 1 heterocycles. The Labute approximate surface area is 66.6 Å². The molecule has 1 aromatic heterocycles. The summed E-state index contributed by atoms with van der Waals surface area (Å²) in [5.74, 6) is 0.862. The van der Waals surface area contributed by atoms with Crippen molar-refractivity contribution in [3.63, 3.8) is 0 Å². The maximum absolute atomic E-state index is 4.08. The summed E-state index contributed by atoms with van der Waals surface area (Å²) in [5.41, 5.74) is 0. The molecular formula is C7H14N4. The molecule has 0 amide bonds. The van der Waals surface area contributed by atoms with Crippen molar-refractivity contribution in [3.8, 4) is 0 Å². The number of aryl methyl sites for hydroxylation is 2. The Morgan fingerprint density at radius 1 is 1.36 bits per heavy atom. The number of rotatable bonds is 4. The number of aromatic nitrogens is 4. The predicted molar refractivity (Wildman–Crippen MR) is 42.0 cm³/mol. The van der Waals surface area contributed by atoms with Gasteiger partial charge in [-0.25, -0.2) is 0 Å². The van der Waals surface area contributed by atoms with Gasteiger partial charge in [0, 0.05) is 6.42 Å². The molecule has 0 bridgehead atoms. The van der Waals surface area contributed by atoms with Crippen LogP contribution in [0.3, 0.4) is 0 Å². The van der Waals surface area contributed by atoms with Gasteiger partial charge < -0.3 is 0 Å². The van der Waals surface area contributed by atoms with Crippen molar-refractivity contribution in [2.45, 2.75) is 32.6 Å². The number of nitrogens with zero attached hydrogens (tertiary/aromatic N) is 4. The molecule has 11 heavy (non-hydrogen) atoms. The van der Waals surface area contributed by atoms with E-state index in [0.29, 0.717) is 0 Å². The topological polar surface area (TPSA) is 43.6 Å². The Bertz CT molecular complexity index is 206. The Kier molecular flexibility index (Phi) is 3.01. The third kappa shape index (κ3) is 2.65. The summed E-state index contributed by atoms with van der Waals surface area (Å²) in [5, 5.41) is 11.7. The average Bonchev–Trinajstić information content (AvgIpc) is 2.37. The second-order valence-corrected chi connectivity index (χ2v) is 2.65. The first-order valence-electron chi connectivity index (χ1n) is 4.06. The smallest absolute Gasteiger partial charge is 0.167 e. The Morgan fingerprint density at radius 3 is 2.73 bits per heavy atom. The zero-order chi connectivity index (χ0) is 8.10. The molecule has 0 aliphatic heterocycles. The van der Waals surface area contributed by atoms with E-state index in [1.165, 1.54) is 24.1 Å². The van der Waals surface area contributed by atoms with Gasteiger partial charge in [0.15, 0.2) is 5.82 Å². The summed E-state index contributed by atoms with van der Waals surface area (Å²) >= 11 is 0. The molecule has 1 aromatic rings. The molecule has 0 unspecified atom stereocenters. The van der Waals surface area contributed by atoms with Crippen LogP contribution in [0, 0.1) is 0 Å². The van der Waals surface area contributed by atoms with Gasteiger partial charge in [-0.3, -0.25) is 0 Å². The van der Waals surface area contributed by atoms with Gasteiger partial charge in [-0.1, -0.05) is 19.8 Å². The van der Waals surface area contributed by atoms with Crippen LogP contribution in [0.5, 0.6) is 0 Å². The highest BCUT2D eigenvalue weighted by atomic mass is 15.6. The van der Waals surface area contributed by atoms with Crippen molar-refractivity contribution in [2.75, 3.05) is 0 Å². The summed E-state index contributed by atoms with van der Waals surface area (Å²) in [4.78, 5) is 1.50. The fourth-order valence-corrected chi connectivity index (χ4v) is 0.957. The van der Waals surface area contributed by atoms with E-state index < -0.39 is 0 Å². The highest BCUT2D eigenvalue weighted by Gasteiger charge is 1.97. The largest absolute Gasteiger partial charge is 0.174 e. The Balaban J connectivity index is 2.27. The first-order chi connectivity index (χ1) is 5.33. The third-order valence-corrected chi connectivity index (χ3v) is 1.55. The van der Waals surface area contributed by atoms with Crippen LogP contribution in [-0.4, -0.2) is 20.2 Å². The number of hydrogen-bond acceptors (Lipinski definition) is 3. The third-order valence-electron chi connectivity index (χ3n) is 1.55. The fraction of sp³-hybridized carbons (Fsp3) is 0.857. The molecule has 0 spiro atoms. The van der Waals surface area contributed by atoms with Gasteiger partial charge in [-0.15, -0.1) is 10.2 Å². The zero-order valence-electron chi connectivity index (χ0n) is 7.12. The molecule has 0 radical (unpaired) electrons. The molecule has 0 fully saturated rings. The van der Waals surface area contributed by atoms with Crippen LogP contribution in [0.1, 0.15) is 32.0 Å². The van der Waals surface area contributed by atoms with Gasteiger partial charge in [0.25, 0.3) is 0 Å². The summed E-state index contributed by atoms with van der Waals surface area (Å²) in [6, 6.07) is 0. The number of tetrazole rings is 1. The van der Waals surface area contributed by atoms with Gasteiger partial charge in [0.1, 0.15) is 0 Å². The van der Waals surface area contributed by atoms with E-state index in [1.54, 1.807) is 7.05 Å². The van der Waals surface area contributed by atoms with Gasteiger partial charge in [-0.2, -0.15) is 4.80 Å². The molecule has 0 aliphatic carbocycles. The fourth-order valence-electron chi connectivity index (χ4n) is 0.957. The normalized spacial score (nSPS) is 10.4. The molecule has 0 aromatic carbocycles. The monoisotopic (exact) mass is 154 g/mol. The van der Waals surface area contributed by atoms with E-state index in [0.717, 1.165) is 12.2 Å². The zero-order valence-corrected chi connectivity index (χ0v) is 7.12. The quantitative estimate of drug-likeness (QED) is 0.606. The summed E-state index contributed by atoms with van der Waals surface area (Å²) in [7, 11) is 1.79. The van der Waals surface area contributed by atoms with Crippen molar-refractivity contribution >= 4 is 0 Å². The highest BCUT2D eigenvalue weighted by molar-refractivity contribution is 4.75. The molecule has 0 saturated carbocycles. The van der Waals surface area contributed by atoms with Crippen molar-refractivity contribution < 1.29 is 0 Å². The van der Waals surface area contributed by atoms with Crippen molar-refractivity contribution in [1.29, 1.82) is 0 Å². The molecule has 0 saturated heterocycles. The standard InChI is InChI=1S/C7H14N4/c1-3-4-5-6-7-8-10-11(2)9-7/h3-6H2,1-2H3. The van der Waals surface area contributed by atoms with Gasteiger partial charge in [0.2, 0.25) is 0 Å². The highest BCUT2D eigenvalue weighted by Crippen LogP contribution is 1.99. The van der Waals surface area contributed by atoms with Crippen LogP contribution in [0.15, 0.2) is 0 Å². The van der Waals surface area contributed by atoms with E-state index in [-0.39, 0.29) is 0 Å². The van der Waals surface area contributed by atoms with E-state index in [1.807, 2.05) is 0 Å². The first-order valence-corrected chi connectivity index (χ1v) is 4.06.